The number of amides is 2. The summed E-state index contributed by atoms with van der Waals surface area (Å²) < 4.78 is 5.63. The summed E-state index contributed by atoms with van der Waals surface area (Å²) in [6, 6.07) is 18.2. The van der Waals surface area contributed by atoms with Gasteiger partial charge in [-0.15, -0.1) is 11.3 Å². The van der Waals surface area contributed by atoms with Gasteiger partial charge in [-0.2, -0.15) is 0 Å². The molecule has 4 rings (SSSR count). The van der Waals surface area contributed by atoms with E-state index in [1.54, 1.807) is 31.3 Å². The number of rotatable bonds is 4. The van der Waals surface area contributed by atoms with E-state index in [2.05, 4.69) is 5.32 Å². The van der Waals surface area contributed by atoms with Gasteiger partial charge >= 0.3 is 0 Å². The molecule has 0 aliphatic carbocycles. The molecule has 27 heavy (non-hydrogen) atoms. The number of anilines is 1. The summed E-state index contributed by atoms with van der Waals surface area (Å²) in [5.41, 5.74) is 1.99. The molecular formula is C21H18N2O3S. The van der Waals surface area contributed by atoms with Gasteiger partial charge in [0.1, 0.15) is 12.4 Å². The topological polar surface area (TPSA) is 58.6 Å². The maximum Gasteiger partial charge on any atom is 0.268 e. The lowest BCUT2D eigenvalue weighted by Gasteiger charge is -2.21. The Balaban J connectivity index is 1.58. The lowest BCUT2D eigenvalue weighted by atomic mass is 10.1. The molecule has 0 saturated carbocycles. The number of carbonyl (C=O) groups excluding carboxylic acids is 2. The van der Waals surface area contributed by atoms with E-state index < -0.39 is 0 Å². The van der Waals surface area contributed by atoms with Crippen LogP contribution in [0.3, 0.4) is 0 Å². The summed E-state index contributed by atoms with van der Waals surface area (Å²) >= 11 is 1.38. The van der Waals surface area contributed by atoms with Crippen LogP contribution >= 0.6 is 11.3 Å². The smallest absolute Gasteiger partial charge is 0.268 e. The van der Waals surface area contributed by atoms with Crippen molar-refractivity contribution in [3.8, 4) is 5.75 Å². The number of thiophene rings is 1. The predicted molar refractivity (Wildman–Crippen MR) is 106 cm³/mol. The van der Waals surface area contributed by atoms with Crippen molar-refractivity contribution in [3.63, 3.8) is 0 Å². The Labute approximate surface area is 161 Å². The zero-order chi connectivity index (χ0) is 18.8. The van der Waals surface area contributed by atoms with Crippen molar-refractivity contribution in [2.45, 2.75) is 6.04 Å². The lowest BCUT2D eigenvalue weighted by molar-refractivity contribution is 0.0931. The first kappa shape index (κ1) is 17.3. The number of para-hydroxylation sites is 2. The number of nitrogens with one attached hydrogen (secondary N) is 1. The Hall–Kier alpha value is -3.12. The SMILES string of the molecule is CN(C(=O)c1cccs1)c1ccccc1C(=O)N[C@@H]1COc2ccccc21. The molecule has 1 aliphatic rings. The number of ether oxygens (including phenoxy) is 1. The van der Waals surface area contributed by atoms with Crippen molar-refractivity contribution in [1.82, 2.24) is 5.32 Å². The predicted octanol–water partition coefficient (Wildman–Crippen LogP) is 3.89. The van der Waals surface area contributed by atoms with Gasteiger partial charge in [-0.1, -0.05) is 36.4 Å². The van der Waals surface area contributed by atoms with Crippen molar-refractivity contribution in [2.75, 3.05) is 18.6 Å². The first-order valence-corrected chi connectivity index (χ1v) is 9.46. The molecule has 1 N–H and O–H groups in total. The van der Waals surface area contributed by atoms with E-state index in [-0.39, 0.29) is 17.9 Å². The fourth-order valence-corrected chi connectivity index (χ4v) is 3.85. The second-order valence-electron chi connectivity index (χ2n) is 6.23. The number of carbonyl (C=O) groups is 2. The van der Waals surface area contributed by atoms with Gasteiger partial charge in [-0.25, -0.2) is 0 Å². The fourth-order valence-electron chi connectivity index (χ4n) is 3.15. The first-order chi connectivity index (χ1) is 13.1. The van der Waals surface area contributed by atoms with Gasteiger partial charge in [0.2, 0.25) is 0 Å². The zero-order valence-electron chi connectivity index (χ0n) is 14.7. The lowest BCUT2D eigenvalue weighted by Crippen LogP contribution is -2.32. The molecule has 6 heteroatoms. The van der Waals surface area contributed by atoms with E-state index in [0.717, 1.165) is 11.3 Å². The molecule has 2 heterocycles. The van der Waals surface area contributed by atoms with Crippen LogP contribution in [0, 0.1) is 0 Å². The minimum atomic E-state index is -0.235. The minimum absolute atomic E-state index is 0.139. The van der Waals surface area contributed by atoms with Crippen molar-refractivity contribution in [3.05, 3.63) is 82.0 Å². The maximum absolute atomic E-state index is 12.9. The standard InChI is InChI=1S/C21H18N2O3S/c1-23(21(25)19-11-6-12-27-19)17-9-4-2-8-15(17)20(24)22-16-13-26-18-10-5-3-7-14(16)18/h2-12,16H,13H2,1H3,(H,22,24)/t16-/m1/s1. The van der Waals surface area contributed by atoms with Crippen LogP contribution in [0.4, 0.5) is 5.69 Å². The van der Waals surface area contributed by atoms with Gasteiger partial charge in [0.15, 0.2) is 0 Å². The number of nitrogens with zero attached hydrogens (tertiary/aromatic N) is 1. The molecule has 1 aliphatic heterocycles. The van der Waals surface area contributed by atoms with Crippen LogP contribution in [0.25, 0.3) is 0 Å². The van der Waals surface area contributed by atoms with Gasteiger partial charge in [0.25, 0.3) is 11.8 Å². The molecule has 0 unspecified atom stereocenters. The van der Waals surface area contributed by atoms with Crippen LogP contribution in [0.15, 0.2) is 66.0 Å². The van der Waals surface area contributed by atoms with Crippen LogP contribution in [0.2, 0.25) is 0 Å². The van der Waals surface area contributed by atoms with Crippen LogP contribution in [-0.4, -0.2) is 25.5 Å². The molecule has 0 spiro atoms. The highest BCUT2D eigenvalue weighted by Gasteiger charge is 2.27. The highest BCUT2D eigenvalue weighted by molar-refractivity contribution is 7.12. The molecule has 0 fully saturated rings. The average Bonchev–Trinajstić information content (AvgIpc) is 3.37. The maximum atomic E-state index is 12.9. The largest absolute Gasteiger partial charge is 0.491 e. The highest BCUT2D eigenvalue weighted by atomic mass is 32.1. The average molecular weight is 378 g/mol. The molecular weight excluding hydrogens is 360 g/mol. The molecule has 136 valence electrons. The Kier molecular flexibility index (Phi) is 4.64. The Bertz CT molecular complexity index is 985. The third-order valence-corrected chi connectivity index (χ3v) is 5.41. The van der Waals surface area contributed by atoms with Crippen molar-refractivity contribution in [2.24, 2.45) is 0 Å². The van der Waals surface area contributed by atoms with Crippen LogP contribution in [-0.2, 0) is 0 Å². The van der Waals surface area contributed by atoms with Gasteiger partial charge < -0.3 is 15.0 Å². The normalized spacial score (nSPS) is 14.9. The Morgan fingerprint density at radius 1 is 1.07 bits per heavy atom. The fraction of sp³-hybridized carbons (Fsp3) is 0.143. The second kappa shape index (κ2) is 7.25. The summed E-state index contributed by atoms with van der Waals surface area (Å²) in [6.07, 6.45) is 0. The zero-order valence-corrected chi connectivity index (χ0v) is 15.5. The van der Waals surface area contributed by atoms with E-state index in [1.807, 2.05) is 41.8 Å². The number of hydrogen-bond donors (Lipinski definition) is 1. The summed E-state index contributed by atoms with van der Waals surface area (Å²) in [5.74, 6) is 0.419. The molecule has 1 atom stereocenters. The van der Waals surface area contributed by atoms with Gasteiger partial charge in [-0.3, -0.25) is 9.59 Å². The van der Waals surface area contributed by atoms with E-state index in [4.69, 9.17) is 4.74 Å². The second-order valence-corrected chi connectivity index (χ2v) is 7.18. The van der Waals surface area contributed by atoms with E-state index >= 15 is 0 Å². The van der Waals surface area contributed by atoms with Crippen molar-refractivity contribution >= 4 is 28.8 Å². The van der Waals surface area contributed by atoms with Crippen LogP contribution < -0.4 is 15.0 Å². The van der Waals surface area contributed by atoms with E-state index in [0.29, 0.717) is 22.7 Å². The molecule has 1 aromatic heterocycles. The summed E-state index contributed by atoms with van der Waals surface area (Å²) in [6.45, 7) is 0.400. The van der Waals surface area contributed by atoms with Crippen LogP contribution in [0.5, 0.6) is 5.75 Å². The van der Waals surface area contributed by atoms with Gasteiger partial charge in [0, 0.05) is 12.6 Å². The summed E-state index contributed by atoms with van der Waals surface area (Å²) in [7, 11) is 1.68. The monoisotopic (exact) mass is 378 g/mol. The molecule has 2 amide bonds. The Morgan fingerprint density at radius 3 is 2.67 bits per heavy atom. The van der Waals surface area contributed by atoms with E-state index in [9.17, 15) is 9.59 Å². The minimum Gasteiger partial charge on any atom is -0.491 e. The number of hydrogen-bond acceptors (Lipinski definition) is 4. The van der Waals surface area contributed by atoms with E-state index in [1.165, 1.54) is 16.2 Å². The molecule has 5 nitrogen and oxygen atoms in total. The third-order valence-electron chi connectivity index (χ3n) is 4.55. The molecule has 0 bridgehead atoms. The molecule has 3 aromatic rings. The molecule has 2 aromatic carbocycles. The van der Waals surface area contributed by atoms with Crippen molar-refractivity contribution in [1.29, 1.82) is 0 Å². The summed E-state index contributed by atoms with van der Waals surface area (Å²) in [4.78, 5) is 27.8. The van der Waals surface area contributed by atoms with Gasteiger partial charge in [0.05, 0.1) is 22.2 Å². The van der Waals surface area contributed by atoms with Gasteiger partial charge in [-0.05, 0) is 29.6 Å². The van der Waals surface area contributed by atoms with Crippen molar-refractivity contribution < 1.29 is 14.3 Å². The molecule has 0 saturated heterocycles. The first-order valence-electron chi connectivity index (χ1n) is 8.58. The molecule has 0 radical (unpaired) electrons. The third kappa shape index (κ3) is 3.31. The number of benzene rings is 2. The van der Waals surface area contributed by atoms with Crippen LogP contribution in [0.1, 0.15) is 31.6 Å². The highest BCUT2D eigenvalue weighted by Crippen LogP contribution is 2.32. The quantitative estimate of drug-likeness (QED) is 0.749. The summed E-state index contributed by atoms with van der Waals surface area (Å²) in [5, 5.41) is 4.88. The number of fused-ring (bicyclic) bond motifs is 1. The Morgan fingerprint density at radius 2 is 1.85 bits per heavy atom.